The Morgan fingerprint density at radius 2 is 2.04 bits per heavy atom. The number of imidazole rings is 1. The van der Waals surface area contributed by atoms with Crippen LogP contribution in [0.5, 0.6) is 5.75 Å². The molecule has 2 aromatic heterocycles. The maximum Gasteiger partial charge on any atom is 0.251 e. The Balaban J connectivity index is 1.66. The van der Waals surface area contributed by atoms with E-state index in [1.165, 1.54) is 0 Å². The number of pyridine rings is 1. The summed E-state index contributed by atoms with van der Waals surface area (Å²) in [6, 6.07) is 13.3. The number of benzene rings is 1. The predicted octanol–water partition coefficient (Wildman–Crippen LogP) is 3.83. The van der Waals surface area contributed by atoms with Crippen molar-refractivity contribution < 1.29 is 9.53 Å². The van der Waals surface area contributed by atoms with E-state index in [-0.39, 0.29) is 11.9 Å². The first-order valence-electron chi connectivity index (χ1n) is 8.66. The molecule has 25 heavy (non-hydrogen) atoms. The molecular weight excluding hydrogens is 314 g/mol. The number of fused-ring (bicyclic) bond motifs is 1. The lowest BCUT2D eigenvalue weighted by Crippen LogP contribution is -2.33. The van der Waals surface area contributed by atoms with Crippen LogP contribution in [0.25, 0.3) is 5.65 Å². The molecule has 0 bridgehead atoms. The summed E-state index contributed by atoms with van der Waals surface area (Å²) in [5.74, 6) is 0.598. The van der Waals surface area contributed by atoms with E-state index in [1.54, 1.807) is 12.1 Å². The van der Waals surface area contributed by atoms with E-state index in [0.717, 1.165) is 24.2 Å². The molecule has 0 aliphatic carbocycles. The maximum absolute atomic E-state index is 12.3. The van der Waals surface area contributed by atoms with Gasteiger partial charge in [0, 0.05) is 24.0 Å². The van der Waals surface area contributed by atoms with Crippen LogP contribution in [0.4, 0.5) is 0 Å². The van der Waals surface area contributed by atoms with Crippen molar-refractivity contribution in [3.63, 3.8) is 0 Å². The van der Waals surface area contributed by atoms with Crippen molar-refractivity contribution in [2.75, 3.05) is 0 Å². The molecule has 130 valence electrons. The number of ether oxygens (including phenoxy) is 1. The van der Waals surface area contributed by atoms with Crippen LogP contribution in [-0.4, -0.2) is 21.3 Å². The monoisotopic (exact) mass is 337 g/mol. The lowest BCUT2D eigenvalue weighted by Gasteiger charge is -2.15. The van der Waals surface area contributed by atoms with Gasteiger partial charge in [-0.25, -0.2) is 4.98 Å². The van der Waals surface area contributed by atoms with Gasteiger partial charge in [0.15, 0.2) is 0 Å². The SMILES string of the molecule is CCC(CC)NC(=O)c1cccc(OCc2cn3ccccc3n2)c1. The normalized spacial score (nSPS) is 11.0. The van der Waals surface area contributed by atoms with Crippen molar-refractivity contribution in [2.24, 2.45) is 0 Å². The van der Waals surface area contributed by atoms with Crippen molar-refractivity contribution >= 4 is 11.6 Å². The summed E-state index contributed by atoms with van der Waals surface area (Å²) in [5, 5.41) is 3.04. The Morgan fingerprint density at radius 3 is 2.80 bits per heavy atom. The molecular formula is C20H23N3O2. The number of aromatic nitrogens is 2. The zero-order valence-corrected chi connectivity index (χ0v) is 14.6. The summed E-state index contributed by atoms with van der Waals surface area (Å²) in [7, 11) is 0. The van der Waals surface area contributed by atoms with Crippen LogP contribution in [-0.2, 0) is 6.61 Å². The zero-order valence-electron chi connectivity index (χ0n) is 14.6. The van der Waals surface area contributed by atoms with Crippen molar-refractivity contribution in [1.82, 2.24) is 14.7 Å². The molecule has 5 nitrogen and oxygen atoms in total. The van der Waals surface area contributed by atoms with E-state index in [1.807, 2.05) is 47.1 Å². The Hall–Kier alpha value is -2.82. The molecule has 0 fully saturated rings. The summed E-state index contributed by atoms with van der Waals surface area (Å²) in [5.41, 5.74) is 2.34. The van der Waals surface area contributed by atoms with Crippen LogP contribution < -0.4 is 10.1 Å². The first-order chi connectivity index (χ1) is 12.2. The topological polar surface area (TPSA) is 55.6 Å². The number of nitrogens with zero attached hydrogens (tertiary/aromatic N) is 2. The summed E-state index contributed by atoms with van der Waals surface area (Å²) >= 11 is 0. The summed E-state index contributed by atoms with van der Waals surface area (Å²) < 4.78 is 7.77. The predicted molar refractivity (Wildman–Crippen MR) is 97.8 cm³/mol. The highest BCUT2D eigenvalue weighted by molar-refractivity contribution is 5.94. The van der Waals surface area contributed by atoms with Gasteiger partial charge in [-0.1, -0.05) is 26.0 Å². The third kappa shape index (κ3) is 4.18. The molecule has 5 heteroatoms. The van der Waals surface area contributed by atoms with E-state index in [0.29, 0.717) is 17.9 Å². The molecule has 3 aromatic rings. The fraction of sp³-hybridized carbons (Fsp3) is 0.300. The minimum absolute atomic E-state index is 0.0631. The lowest BCUT2D eigenvalue weighted by molar-refractivity contribution is 0.0934. The molecule has 1 N–H and O–H groups in total. The number of nitrogens with one attached hydrogen (secondary N) is 1. The molecule has 0 aliphatic rings. The molecule has 0 atom stereocenters. The first-order valence-corrected chi connectivity index (χ1v) is 8.66. The van der Waals surface area contributed by atoms with Crippen LogP contribution in [0, 0.1) is 0 Å². The highest BCUT2D eigenvalue weighted by Gasteiger charge is 2.11. The largest absolute Gasteiger partial charge is 0.487 e. The van der Waals surface area contributed by atoms with Crippen LogP contribution in [0.2, 0.25) is 0 Å². The van der Waals surface area contributed by atoms with Gasteiger partial charge in [-0.15, -0.1) is 0 Å². The molecule has 1 aromatic carbocycles. The summed E-state index contributed by atoms with van der Waals surface area (Å²) in [4.78, 5) is 16.8. The van der Waals surface area contributed by atoms with E-state index in [4.69, 9.17) is 4.74 Å². The highest BCUT2D eigenvalue weighted by Crippen LogP contribution is 2.16. The van der Waals surface area contributed by atoms with Gasteiger partial charge in [0.1, 0.15) is 18.0 Å². The molecule has 0 aliphatic heterocycles. The van der Waals surface area contributed by atoms with Gasteiger partial charge in [0.2, 0.25) is 0 Å². The zero-order chi connectivity index (χ0) is 17.6. The standard InChI is InChI=1S/C20H23N3O2/c1-3-16(4-2)22-20(24)15-8-7-9-18(12-15)25-14-17-13-23-11-6-5-10-19(23)21-17/h5-13,16H,3-4,14H2,1-2H3,(H,22,24). The van der Waals surface area contributed by atoms with Gasteiger partial charge >= 0.3 is 0 Å². The maximum atomic E-state index is 12.3. The van der Waals surface area contributed by atoms with Gasteiger partial charge in [0.25, 0.3) is 5.91 Å². The number of amides is 1. The second-order valence-corrected chi connectivity index (χ2v) is 6.00. The average Bonchev–Trinajstić information content (AvgIpc) is 3.07. The fourth-order valence-corrected chi connectivity index (χ4v) is 2.70. The number of hydrogen-bond donors (Lipinski definition) is 1. The van der Waals surface area contributed by atoms with Gasteiger partial charge in [-0.2, -0.15) is 0 Å². The Labute approximate surface area is 147 Å². The summed E-state index contributed by atoms with van der Waals surface area (Å²) in [6.07, 6.45) is 5.74. The smallest absolute Gasteiger partial charge is 0.251 e. The number of hydrogen-bond acceptors (Lipinski definition) is 3. The third-order valence-electron chi connectivity index (χ3n) is 4.22. The minimum Gasteiger partial charge on any atom is -0.487 e. The van der Waals surface area contributed by atoms with Gasteiger partial charge in [-0.3, -0.25) is 4.79 Å². The van der Waals surface area contributed by atoms with Crippen LogP contribution in [0.1, 0.15) is 42.7 Å². The molecule has 0 saturated heterocycles. The Kier molecular flexibility index (Phi) is 5.33. The molecule has 2 heterocycles. The van der Waals surface area contributed by atoms with Crippen LogP contribution >= 0.6 is 0 Å². The molecule has 0 spiro atoms. The van der Waals surface area contributed by atoms with Crippen molar-refractivity contribution in [3.8, 4) is 5.75 Å². The molecule has 1 amide bonds. The molecule has 0 saturated carbocycles. The van der Waals surface area contributed by atoms with Crippen molar-refractivity contribution in [1.29, 1.82) is 0 Å². The fourth-order valence-electron chi connectivity index (χ4n) is 2.70. The number of rotatable bonds is 7. The summed E-state index contributed by atoms with van der Waals surface area (Å²) in [6.45, 7) is 4.50. The first kappa shape index (κ1) is 17.0. The van der Waals surface area contributed by atoms with Crippen LogP contribution in [0.3, 0.4) is 0 Å². The van der Waals surface area contributed by atoms with E-state index in [2.05, 4.69) is 24.1 Å². The molecule has 0 radical (unpaired) electrons. The molecule has 3 rings (SSSR count). The van der Waals surface area contributed by atoms with Gasteiger partial charge in [0.05, 0.1) is 5.69 Å². The van der Waals surface area contributed by atoms with Crippen molar-refractivity contribution in [3.05, 3.63) is 66.1 Å². The minimum atomic E-state index is -0.0631. The second-order valence-electron chi connectivity index (χ2n) is 6.00. The van der Waals surface area contributed by atoms with Gasteiger partial charge in [-0.05, 0) is 43.2 Å². The van der Waals surface area contributed by atoms with Crippen LogP contribution in [0.15, 0.2) is 54.9 Å². The van der Waals surface area contributed by atoms with Crippen molar-refractivity contribution in [2.45, 2.75) is 39.3 Å². The van der Waals surface area contributed by atoms with E-state index < -0.39 is 0 Å². The quantitative estimate of drug-likeness (QED) is 0.713. The lowest BCUT2D eigenvalue weighted by atomic mass is 10.1. The Morgan fingerprint density at radius 1 is 1.20 bits per heavy atom. The number of carbonyl (C=O) groups is 1. The van der Waals surface area contributed by atoms with Gasteiger partial charge < -0.3 is 14.5 Å². The average molecular weight is 337 g/mol. The number of carbonyl (C=O) groups excluding carboxylic acids is 1. The second kappa shape index (κ2) is 7.83. The van der Waals surface area contributed by atoms with E-state index >= 15 is 0 Å². The highest BCUT2D eigenvalue weighted by atomic mass is 16.5. The third-order valence-corrected chi connectivity index (χ3v) is 4.22. The van der Waals surface area contributed by atoms with E-state index in [9.17, 15) is 4.79 Å². The molecule has 0 unspecified atom stereocenters. The Bertz CT molecular complexity index is 820.